The molecule has 0 N–H and O–H groups in total. The first kappa shape index (κ1) is 17.8. The average molecular weight is 359 g/mol. The molecule has 0 aliphatic carbocycles. The van der Waals surface area contributed by atoms with E-state index in [4.69, 9.17) is 9.31 Å². The first-order valence-corrected chi connectivity index (χ1v) is 9.08. The van der Waals surface area contributed by atoms with Crippen LogP contribution in [0.15, 0.2) is 60.7 Å². The Morgan fingerprint density at radius 2 is 1.04 bits per heavy atom. The summed E-state index contributed by atoms with van der Waals surface area (Å²) in [5.41, 5.74) is 1.43. The molecule has 0 atom stereocenters. The van der Waals surface area contributed by atoms with Crippen LogP contribution in [0.2, 0.25) is 0 Å². The van der Waals surface area contributed by atoms with Crippen LogP contribution in [0.25, 0.3) is 22.8 Å². The Kier molecular flexibility index (Phi) is 4.33. The van der Waals surface area contributed by atoms with Gasteiger partial charge in [0.25, 0.3) is 0 Å². The van der Waals surface area contributed by atoms with Crippen molar-refractivity contribution in [3.05, 3.63) is 60.7 Å². The molecule has 0 spiro atoms. The minimum absolute atomic E-state index is 0.454. The number of aromatic nitrogens is 3. The van der Waals surface area contributed by atoms with Crippen molar-refractivity contribution in [1.29, 1.82) is 0 Å². The van der Waals surface area contributed by atoms with Crippen LogP contribution < -0.4 is 5.72 Å². The Labute approximate surface area is 160 Å². The Balaban J connectivity index is 1.82. The average Bonchev–Trinajstić information content (AvgIpc) is 2.90. The number of hydrogen-bond donors (Lipinski definition) is 0. The zero-order valence-electron chi connectivity index (χ0n) is 16.0. The lowest BCUT2D eigenvalue weighted by atomic mass is 9.89. The number of nitrogens with zero attached hydrogens (tertiary/aromatic N) is 3. The third-order valence-electron chi connectivity index (χ3n) is 5.18. The summed E-state index contributed by atoms with van der Waals surface area (Å²) in [5, 5.41) is 0. The zero-order valence-corrected chi connectivity index (χ0v) is 16.0. The normalized spacial score (nSPS) is 17.9. The van der Waals surface area contributed by atoms with Gasteiger partial charge >= 0.3 is 7.12 Å². The highest BCUT2D eigenvalue weighted by atomic mass is 16.7. The van der Waals surface area contributed by atoms with E-state index in [1.165, 1.54) is 0 Å². The maximum atomic E-state index is 6.16. The predicted molar refractivity (Wildman–Crippen MR) is 106 cm³/mol. The maximum Gasteiger partial charge on any atom is 0.534 e. The smallest absolute Gasteiger partial charge is 0.397 e. The topological polar surface area (TPSA) is 57.1 Å². The van der Waals surface area contributed by atoms with Crippen molar-refractivity contribution in [2.45, 2.75) is 38.9 Å². The molecule has 1 aromatic heterocycles. The molecular weight excluding hydrogens is 337 g/mol. The van der Waals surface area contributed by atoms with E-state index in [1.54, 1.807) is 0 Å². The van der Waals surface area contributed by atoms with Gasteiger partial charge in [-0.05, 0) is 27.7 Å². The molecule has 4 rings (SSSR count). The number of rotatable bonds is 3. The van der Waals surface area contributed by atoms with Gasteiger partial charge in [-0.3, -0.25) is 0 Å². The molecule has 1 saturated heterocycles. The van der Waals surface area contributed by atoms with Gasteiger partial charge in [0.2, 0.25) is 0 Å². The lowest BCUT2D eigenvalue weighted by Gasteiger charge is -2.32. The van der Waals surface area contributed by atoms with Gasteiger partial charge in [-0.1, -0.05) is 60.7 Å². The fraction of sp³-hybridized carbons (Fsp3) is 0.286. The van der Waals surface area contributed by atoms with E-state index in [2.05, 4.69) is 15.0 Å². The van der Waals surface area contributed by atoms with Crippen LogP contribution in [0.4, 0.5) is 0 Å². The highest BCUT2D eigenvalue weighted by Gasteiger charge is 2.53. The van der Waals surface area contributed by atoms with Crippen LogP contribution in [-0.4, -0.2) is 33.3 Å². The molecule has 0 amide bonds. The van der Waals surface area contributed by atoms with Crippen molar-refractivity contribution in [3.63, 3.8) is 0 Å². The highest BCUT2D eigenvalue weighted by Crippen LogP contribution is 2.36. The van der Waals surface area contributed by atoms with Crippen molar-refractivity contribution in [1.82, 2.24) is 15.0 Å². The van der Waals surface area contributed by atoms with Crippen LogP contribution >= 0.6 is 0 Å². The van der Waals surface area contributed by atoms with Crippen LogP contribution in [0.1, 0.15) is 27.7 Å². The fourth-order valence-electron chi connectivity index (χ4n) is 2.88. The van der Waals surface area contributed by atoms with Crippen molar-refractivity contribution in [3.8, 4) is 22.8 Å². The second-order valence-electron chi connectivity index (χ2n) is 7.66. The summed E-state index contributed by atoms with van der Waals surface area (Å²) >= 11 is 0. The standard InChI is InChI=1S/C21H22BN3O2/c1-20(2)21(3,4)27-22(26-20)19-24-17(15-11-7-5-8-12-15)23-18(25-19)16-13-9-6-10-14-16/h5-14H,1-4H3. The molecule has 3 aromatic rings. The number of hydrogen-bond acceptors (Lipinski definition) is 5. The second kappa shape index (κ2) is 6.55. The van der Waals surface area contributed by atoms with Gasteiger partial charge in [0.1, 0.15) is 0 Å². The molecule has 2 heterocycles. The molecule has 0 unspecified atom stereocenters. The summed E-state index contributed by atoms with van der Waals surface area (Å²) in [4.78, 5) is 14.0. The van der Waals surface area contributed by atoms with Crippen LogP contribution in [0.3, 0.4) is 0 Å². The summed E-state index contributed by atoms with van der Waals surface area (Å²) in [6, 6.07) is 19.7. The Morgan fingerprint density at radius 3 is 1.44 bits per heavy atom. The van der Waals surface area contributed by atoms with Gasteiger partial charge in [-0.25, -0.2) is 15.0 Å². The molecular formula is C21H22BN3O2. The third kappa shape index (κ3) is 3.38. The summed E-state index contributed by atoms with van der Waals surface area (Å²) in [6.07, 6.45) is 0. The van der Waals surface area contributed by atoms with Crippen LogP contribution in [-0.2, 0) is 9.31 Å². The SMILES string of the molecule is CC1(C)OB(c2nc(-c3ccccc3)nc(-c3ccccc3)n2)OC1(C)C. The fourth-order valence-corrected chi connectivity index (χ4v) is 2.88. The minimum Gasteiger partial charge on any atom is -0.397 e. The molecule has 0 saturated carbocycles. The minimum atomic E-state index is -0.636. The maximum absolute atomic E-state index is 6.16. The molecule has 2 aromatic carbocycles. The van der Waals surface area contributed by atoms with Gasteiger partial charge in [0.15, 0.2) is 17.4 Å². The van der Waals surface area contributed by atoms with E-state index in [1.807, 2.05) is 88.4 Å². The largest absolute Gasteiger partial charge is 0.534 e. The Hall–Kier alpha value is -2.57. The summed E-state index contributed by atoms with van der Waals surface area (Å²) in [6.45, 7) is 8.07. The number of benzene rings is 2. The van der Waals surface area contributed by atoms with E-state index in [0.717, 1.165) is 11.1 Å². The first-order valence-electron chi connectivity index (χ1n) is 9.08. The van der Waals surface area contributed by atoms with E-state index < -0.39 is 18.3 Å². The lowest BCUT2D eigenvalue weighted by molar-refractivity contribution is 0.00578. The van der Waals surface area contributed by atoms with E-state index >= 15 is 0 Å². The molecule has 136 valence electrons. The molecule has 1 aliphatic heterocycles. The van der Waals surface area contributed by atoms with E-state index in [0.29, 0.717) is 17.4 Å². The predicted octanol–water partition coefficient (Wildman–Crippen LogP) is 3.50. The second-order valence-corrected chi connectivity index (χ2v) is 7.66. The van der Waals surface area contributed by atoms with Crippen molar-refractivity contribution in [2.24, 2.45) is 0 Å². The molecule has 1 aliphatic rings. The summed E-state index contributed by atoms with van der Waals surface area (Å²) in [7, 11) is -0.636. The Bertz CT molecular complexity index is 872. The highest BCUT2D eigenvalue weighted by molar-refractivity contribution is 6.60. The lowest BCUT2D eigenvalue weighted by Crippen LogP contribution is -2.41. The third-order valence-corrected chi connectivity index (χ3v) is 5.18. The summed E-state index contributed by atoms with van der Waals surface area (Å²) in [5.74, 6) is 1.21. The van der Waals surface area contributed by atoms with Crippen molar-refractivity contribution < 1.29 is 9.31 Å². The van der Waals surface area contributed by atoms with Crippen molar-refractivity contribution >= 4 is 12.8 Å². The Morgan fingerprint density at radius 1 is 0.630 bits per heavy atom. The van der Waals surface area contributed by atoms with Crippen LogP contribution in [0, 0.1) is 0 Å². The van der Waals surface area contributed by atoms with Gasteiger partial charge < -0.3 is 9.31 Å². The quantitative estimate of drug-likeness (QED) is 0.670. The summed E-state index contributed by atoms with van der Waals surface area (Å²) < 4.78 is 12.3. The van der Waals surface area contributed by atoms with Crippen LogP contribution in [0.5, 0.6) is 0 Å². The molecule has 0 bridgehead atoms. The first-order chi connectivity index (χ1) is 12.9. The molecule has 27 heavy (non-hydrogen) atoms. The van der Waals surface area contributed by atoms with E-state index in [-0.39, 0.29) is 0 Å². The van der Waals surface area contributed by atoms with Gasteiger partial charge in [0.05, 0.1) is 11.2 Å². The molecule has 0 radical (unpaired) electrons. The molecule has 1 fully saturated rings. The van der Waals surface area contributed by atoms with Gasteiger partial charge in [-0.15, -0.1) is 0 Å². The zero-order chi connectivity index (χ0) is 19.1. The molecule has 5 nitrogen and oxygen atoms in total. The van der Waals surface area contributed by atoms with E-state index in [9.17, 15) is 0 Å². The monoisotopic (exact) mass is 359 g/mol. The molecule has 6 heteroatoms. The van der Waals surface area contributed by atoms with Gasteiger partial charge in [0, 0.05) is 11.1 Å². The van der Waals surface area contributed by atoms with Crippen molar-refractivity contribution in [2.75, 3.05) is 0 Å². The van der Waals surface area contributed by atoms with Gasteiger partial charge in [-0.2, -0.15) is 0 Å².